The minimum absolute atomic E-state index is 0.563. The zero-order valence-electron chi connectivity index (χ0n) is 10.1. The number of benzene rings is 1. The number of methoxy groups -OCH3 is 1. The average molecular weight is 234 g/mol. The van der Waals surface area contributed by atoms with Crippen LogP contribution in [0, 0.1) is 0 Å². The van der Waals surface area contributed by atoms with Gasteiger partial charge in [-0.3, -0.25) is 0 Å². The van der Waals surface area contributed by atoms with Crippen molar-refractivity contribution in [1.29, 1.82) is 0 Å². The van der Waals surface area contributed by atoms with Crippen LogP contribution >= 0.6 is 0 Å². The minimum atomic E-state index is -0.563. The van der Waals surface area contributed by atoms with Gasteiger partial charge in [-0.25, -0.2) is 0 Å². The lowest BCUT2D eigenvalue weighted by molar-refractivity contribution is 0.169. The molecule has 0 amide bonds. The molecule has 0 bridgehead atoms. The van der Waals surface area contributed by atoms with E-state index in [1.54, 1.807) is 13.4 Å². The van der Waals surface area contributed by atoms with E-state index < -0.39 is 6.10 Å². The summed E-state index contributed by atoms with van der Waals surface area (Å²) in [5, 5.41) is 10.2. The second kappa shape index (κ2) is 5.84. The van der Waals surface area contributed by atoms with Crippen LogP contribution in [-0.4, -0.2) is 18.8 Å². The van der Waals surface area contributed by atoms with Crippen molar-refractivity contribution in [3.8, 4) is 0 Å². The molecule has 1 heterocycles. The van der Waals surface area contributed by atoms with Gasteiger partial charge in [0.25, 0.3) is 0 Å². The number of hydrogen-bond donors (Lipinski definition) is 1. The molecule has 3 nitrogen and oxygen atoms in total. The number of rotatable bonds is 4. The highest BCUT2D eigenvalue weighted by molar-refractivity contribution is 5.30. The molecule has 0 fully saturated rings. The van der Waals surface area contributed by atoms with E-state index >= 15 is 0 Å². The van der Waals surface area contributed by atoms with Crippen molar-refractivity contribution in [3.05, 3.63) is 47.2 Å². The summed E-state index contributed by atoms with van der Waals surface area (Å²) >= 11 is 0. The zero-order chi connectivity index (χ0) is 12.1. The first-order valence-corrected chi connectivity index (χ1v) is 5.87. The largest absolute Gasteiger partial charge is 0.501 e. The summed E-state index contributed by atoms with van der Waals surface area (Å²) in [7, 11) is 1.67. The van der Waals surface area contributed by atoms with Gasteiger partial charge in [0, 0.05) is 7.11 Å². The zero-order valence-corrected chi connectivity index (χ0v) is 10.1. The average Bonchev–Trinajstić information content (AvgIpc) is 2.40. The van der Waals surface area contributed by atoms with E-state index in [0.717, 1.165) is 36.1 Å². The van der Waals surface area contributed by atoms with Crippen LogP contribution in [0.2, 0.25) is 0 Å². The topological polar surface area (TPSA) is 38.7 Å². The van der Waals surface area contributed by atoms with Gasteiger partial charge in [0.05, 0.1) is 19.5 Å². The van der Waals surface area contributed by atoms with Crippen molar-refractivity contribution in [3.63, 3.8) is 0 Å². The first-order valence-electron chi connectivity index (χ1n) is 5.87. The second-order valence-electron chi connectivity index (χ2n) is 4.25. The summed E-state index contributed by atoms with van der Waals surface area (Å²) in [6.45, 7) is 1.32. The van der Waals surface area contributed by atoms with Gasteiger partial charge in [-0.2, -0.15) is 0 Å². The molecule has 1 aromatic carbocycles. The van der Waals surface area contributed by atoms with E-state index in [-0.39, 0.29) is 0 Å². The maximum Gasteiger partial charge on any atom is 0.103 e. The molecule has 0 aliphatic carbocycles. The predicted molar refractivity (Wildman–Crippen MR) is 65.4 cm³/mol. The van der Waals surface area contributed by atoms with Crippen LogP contribution in [0.4, 0.5) is 0 Å². The fourth-order valence-corrected chi connectivity index (χ4v) is 2.02. The molecule has 1 N–H and O–H groups in total. The molecular formula is C14H18O3. The molecule has 0 aromatic heterocycles. The van der Waals surface area contributed by atoms with E-state index in [4.69, 9.17) is 9.47 Å². The van der Waals surface area contributed by atoms with Gasteiger partial charge in [0.2, 0.25) is 0 Å². The van der Waals surface area contributed by atoms with Crippen LogP contribution < -0.4 is 0 Å². The summed E-state index contributed by atoms with van der Waals surface area (Å²) < 4.78 is 10.3. The first kappa shape index (κ1) is 12.1. The van der Waals surface area contributed by atoms with Gasteiger partial charge in [0.15, 0.2) is 0 Å². The summed E-state index contributed by atoms with van der Waals surface area (Å²) in [6.07, 6.45) is 3.00. The molecule has 3 heteroatoms. The Bertz CT molecular complexity index is 398. The molecule has 0 saturated heterocycles. The Balaban J connectivity index is 2.15. The highest BCUT2D eigenvalue weighted by Crippen LogP contribution is 2.27. The van der Waals surface area contributed by atoms with Crippen LogP contribution in [0.1, 0.15) is 30.1 Å². The third-order valence-corrected chi connectivity index (χ3v) is 2.89. The molecule has 17 heavy (non-hydrogen) atoms. The Morgan fingerprint density at radius 2 is 2.35 bits per heavy atom. The van der Waals surface area contributed by atoms with Gasteiger partial charge >= 0.3 is 0 Å². The SMILES string of the molecule is COCc1cccc(C(O)C2=COCCC2)c1. The molecule has 1 aliphatic heterocycles. The summed E-state index contributed by atoms with van der Waals surface area (Å²) in [5.74, 6) is 0. The van der Waals surface area contributed by atoms with Crippen LogP contribution in [0.5, 0.6) is 0 Å². The third kappa shape index (κ3) is 3.08. The molecule has 1 atom stereocenters. The van der Waals surface area contributed by atoms with Crippen LogP contribution in [0.3, 0.4) is 0 Å². The molecule has 0 radical (unpaired) electrons. The van der Waals surface area contributed by atoms with E-state index in [1.807, 2.05) is 24.3 Å². The van der Waals surface area contributed by atoms with Gasteiger partial charge in [-0.05, 0) is 29.5 Å². The van der Waals surface area contributed by atoms with Gasteiger partial charge in [-0.15, -0.1) is 0 Å². The molecule has 0 spiro atoms. The highest BCUT2D eigenvalue weighted by atomic mass is 16.5. The number of hydrogen-bond acceptors (Lipinski definition) is 3. The lowest BCUT2D eigenvalue weighted by Crippen LogP contribution is -2.08. The van der Waals surface area contributed by atoms with Crippen LogP contribution in [0.25, 0.3) is 0 Å². The standard InChI is InChI=1S/C14H18O3/c1-16-9-11-4-2-5-12(8-11)14(15)13-6-3-7-17-10-13/h2,4-5,8,10,14-15H,3,6-7,9H2,1H3. The maximum atomic E-state index is 10.2. The van der Waals surface area contributed by atoms with Gasteiger partial charge in [0.1, 0.15) is 6.10 Å². The minimum Gasteiger partial charge on any atom is -0.501 e. The summed E-state index contributed by atoms with van der Waals surface area (Å²) in [4.78, 5) is 0. The molecular weight excluding hydrogens is 216 g/mol. The molecule has 1 unspecified atom stereocenters. The van der Waals surface area contributed by atoms with E-state index in [1.165, 1.54) is 0 Å². The predicted octanol–water partition coefficient (Wildman–Crippen LogP) is 2.56. The fourth-order valence-electron chi connectivity index (χ4n) is 2.02. The highest BCUT2D eigenvalue weighted by Gasteiger charge is 2.16. The number of ether oxygens (including phenoxy) is 2. The lowest BCUT2D eigenvalue weighted by Gasteiger charge is -2.19. The van der Waals surface area contributed by atoms with E-state index in [9.17, 15) is 5.11 Å². The molecule has 2 rings (SSSR count). The summed E-state index contributed by atoms with van der Waals surface area (Å²) in [5.41, 5.74) is 2.92. The monoisotopic (exact) mass is 234 g/mol. The molecule has 1 aromatic rings. The van der Waals surface area contributed by atoms with Crippen molar-refractivity contribution in [2.45, 2.75) is 25.6 Å². The second-order valence-corrected chi connectivity index (χ2v) is 4.25. The van der Waals surface area contributed by atoms with Crippen molar-refractivity contribution in [1.82, 2.24) is 0 Å². The summed E-state index contributed by atoms with van der Waals surface area (Å²) in [6, 6.07) is 7.84. The Morgan fingerprint density at radius 1 is 1.47 bits per heavy atom. The number of aliphatic hydroxyl groups excluding tert-OH is 1. The third-order valence-electron chi connectivity index (χ3n) is 2.89. The Kier molecular flexibility index (Phi) is 4.18. The Morgan fingerprint density at radius 3 is 3.06 bits per heavy atom. The smallest absolute Gasteiger partial charge is 0.103 e. The Labute approximate surface area is 102 Å². The quantitative estimate of drug-likeness (QED) is 0.870. The molecule has 0 saturated carbocycles. The molecule has 1 aliphatic rings. The van der Waals surface area contributed by atoms with Crippen LogP contribution in [0.15, 0.2) is 36.1 Å². The van der Waals surface area contributed by atoms with Gasteiger partial charge in [-0.1, -0.05) is 24.3 Å². The van der Waals surface area contributed by atoms with Crippen molar-refractivity contribution in [2.75, 3.05) is 13.7 Å². The van der Waals surface area contributed by atoms with Crippen LogP contribution in [-0.2, 0) is 16.1 Å². The van der Waals surface area contributed by atoms with Gasteiger partial charge < -0.3 is 14.6 Å². The van der Waals surface area contributed by atoms with Crippen molar-refractivity contribution in [2.24, 2.45) is 0 Å². The normalized spacial score (nSPS) is 17.2. The first-order chi connectivity index (χ1) is 8.31. The van der Waals surface area contributed by atoms with Crippen molar-refractivity contribution < 1.29 is 14.6 Å². The van der Waals surface area contributed by atoms with E-state index in [2.05, 4.69) is 0 Å². The lowest BCUT2D eigenvalue weighted by atomic mass is 9.97. The molecule has 92 valence electrons. The van der Waals surface area contributed by atoms with Crippen molar-refractivity contribution >= 4 is 0 Å². The van der Waals surface area contributed by atoms with E-state index in [0.29, 0.717) is 6.61 Å². The fraction of sp³-hybridized carbons (Fsp3) is 0.429. The Hall–Kier alpha value is -1.32. The maximum absolute atomic E-state index is 10.2. The number of aliphatic hydroxyl groups is 1.